The minimum Gasteiger partial charge on any atom is -0.385 e. The third-order valence-corrected chi connectivity index (χ3v) is 5.39. The van der Waals surface area contributed by atoms with Crippen molar-refractivity contribution in [1.29, 1.82) is 0 Å². The number of amides is 3. The number of benzene rings is 3. The van der Waals surface area contributed by atoms with Gasteiger partial charge < -0.3 is 25.6 Å². The summed E-state index contributed by atoms with van der Waals surface area (Å²) in [6.07, 6.45) is 0.723. The average molecular weight is 489 g/mol. The van der Waals surface area contributed by atoms with Gasteiger partial charge in [0.1, 0.15) is 0 Å². The van der Waals surface area contributed by atoms with Crippen LogP contribution < -0.4 is 16.0 Å². The van der Waals surface area contributed by atoms with Gasteiger partial charge in [-0.3, -0.25) is 14.4 Å². The zero-order chi connectivity index (χ0) is 25.8. The van der Waals surface area contributed by atoms with Crippen LogP contribution >= 0.6 is 0 Å². The number of ether oxygens (including phenoxy) is 1. The molecule has 3 N–H and O–H groups in total. The summed E-state index contributed by atoms with van der Waals surface area (Å²) >= 11 is 0. The number of nitrogens with one attached hydrogen (secondary N) is 3. The molecule has 0 bridgehead atoms. The SMILES string of the molecule is COCCCNC(=O)c1cccc(NC(=O)CNc2cccc(C(=O)N(C)Cc3ccccc3)c2)c1. The van der Waals surface area contributed by atoms with E-state index in [1.807, 2.05) is 30.3 Å². The Morgan fingerprint density at radius 2 is 1.56 bits per heavy atom. The summed E-state index contributed by atoms with van der Waals surface area (Å²) in [5.74, 6) is -0.589. The zero-order valence-electron chi connectivity index (χ0n) is 20.6. The van der Waals surface area contributed by atoms with E-state index in [0.29, 0.717) is 42.2 Å². The molecule has 8 heteroatoms. The third kappa shape index (κ3) is 8.25. The van der Waals surface area contributed by atoms with Crippen LogP contribution in [0.4, 0.5) is 11.4 Å². The van der Waals surface area contributed by atoms with Crippen LogP contribution in [0.3, 0.4) is 0 Å². The van der Waals surface area contributed by atoms with E-state index in [1.54, 1.807) is 67.6 Å². The first-order valence-corrected chi connectivity index (χ1v) is 11.8. The molecule has 0 saturated carbocycles. The zero-order valence-corrected chi connectivity index (χ0v) is 20.6. The predicted octanol–water partition coefficient (Wildman–Crippen LogP) is 3.78. The molecule has 0 atom stereocenters. The highest BCUT2D eigenvalue weighted by Crippen LogP contribution is 2.15. The normalized spacial score (nSPS) is 10.4. The number of hydrogen-bond donors (Lipinski definition) is 3. The first-order valence-electron chi connectivity index (χ1n) is 11.8. The molecule has 36 heavy (non-hydrogen) atoms. The number of carbonyl (C=O) groups is 3. The summed E-state index contributed by atoms with van der Waals surface area (Å²) in [6.45, 7) is 1.59. The second-order valence-corrected chi connectivity index (χ2v) is 8.31. The largest absolute Gasteiger partial charge is 0.385 e. The van der Waals surface area contributed by atoms with Crippen molar-refractivity contribution in [1.82, 2.24) is 10.2 Å². The monoisotopic (exact) mass is 488 g/mol. The lowest BCUT2D eigenvalue weighted by Crippen LogP contribution is -2.26. The summed E-state index contributed by atoms with van der Waals surface area (Å²) in [7, 11) is 3.38. The van der Waals surface area contributed by atoms with Gasteiger partial charge in [-0.25, -0.2) is 0 Å². The predicted molar refractivity (Wildman–Crippen MR) is 141 cm³/mol. The molecular formula is C28H32N4O4. The maximum absolute atomic E-state index is 12.8. The maximum Gasteiger partial charge on any atom is 0.253 e. The smallest absolute Gasteiger partial charge is 0.253 e. The molecule has 0 heterocycles. The van der Waals surface area contributed by atoms with Gasteiger partial charge in [0, 0.05) is 56.4 Å². The van der Waals surface area contributed by atoms with Crippen molar-refractivity contribution in [3.05, 3.63) is 95.6 Å². The summed E-state index contributed by atoms with van der Waals surface area (Å²) in [5.41, 5.74) is 3.23. The van der Waals surface area contributed by atoms with Crippen molar-refractivity contribution in [2.75, 3.05) is 44.5 Å². The third-order valence-electron chi connectivity index (χ3n) is 5.39. The van der Waals surface area contributed by atoms with Gasteiger partial charge in [0.2, 0.25) is 5.91 Å². The highest BCUT2D eigenvalue weighted by molar-refractivity contribution is 5.98. The molecule has 0 fully saturated rings. The van der Waals surface area contributed by atoms with E-state index in [2.05, 4.69) is 16.0 Å². The second kappa shape index (κ2) is 13.7. The van der Waals surface area contributed by atoms with Crippen LogP contribution in [0.25, 0.3) is 0 Å². The molecule has 0 radical (unpaired) electrons. The van der Waals surface area contributed by atoms with Crippen molar-refractivity contribution in [2.24, 2.45) is 0 Å². The van der Waals surface area contributed by atoms with Crippen LogP contribution in [0, 0.1) is 0 Å². The number of methoxy groups -OCH3 is 1. The molecule has 3 rings (SSSR count). The molecule has 0 saturated heterocycles. The summed E-state index contributed by atoms with van der Waals surface area (Å²) in [4.78, 5) is 39.3. The van der Waals surface area contributed by atoms with Crippen LogP contribution in [0.2, 0.25) is 0 Å². The topological polar surface area (TPSA) is 99.8 Å². The fourth-order valence-electron chi connectivity index (χ4n) is 3.56. The van der Waals surface area contributed by atoms with Gasteiger partial charge in [0.05, 0.1) is 6.54 Å². The fraction of sp³-hybridized carbons (Fsp3) is 0.250. The molecule has 0 spiro atoms. The average Bonchev–Trinajstić information content (AvgIpc) is 2.90. The highest BCUT2D eigenvalue weighted by atomic mass is 16.5. The van der Waals surface area contributed by atoms with Crippen LogP contribution in [-0.2, 0) is 16.1 Å². The quantitative estimate of drug-likeness (QED) is 0.337. The Kier molecular flexibility index (Phi) is 10.0. The number of anilines is 2. The summed E-state index contributed by atoms with van der Waals surface area (Å²) in [6, 6.07) is 23.6. The molecule has 188 valence electrons. The maximum atomic E-state index is 12.8. The summed E-state index contributed by atoms with van der Waals surface area (Å²) < 4.78 is 4.97. The Morgan fingerprint density at radius 3 is 2.31 bits per heavy atom. The molecule has 0 unspecified atom stereocenters. The lowest BCUT2D eigenvalue weighted by Gasteiger charge is -2.18. The standard InChI is InChI=1S/C28H32N4O4/c1-32(20-21-9-4-3-5-10-21)28(35)23-12-7-13-24(18-23)30-19-26(33)31-25-14-6-11-22(17-25)27(34)29-15-8-16-36-2/h3-7,9-14,17-18,30H,8,15-16,19-20H2,1-2H3,(H,29,34)(H,31,33). The van der Waals surface area contributed by atoms with E-state index < -0.39 is 0 Å². The minimum absolute atomic E-state index is 0.00490. The van der Waals surface area contributed by atoms with Gasteiger partial charge in [-0.1, -0.05) is 42.5 Å². The number of nitrogens with zero attached hydrogens (tertiary/aromatic N) is 1. The minimum atomic E-state index is -0.273. The van der Waals surface area contributed by atoms with Crippen molar-refractivity contribution in [3.8, 4) is 0 Å². The van der Waals surface area contributed by atoms with Gasteiger partial charge in [-0.05, 0) is 48.4 Å². The summed E-state index contributed by atoms with van der Waals surface area (Å²) in [5, 5.41) is 8.66. The molecular weight excluding hydrogens is 456 g/mol. The van der Waals surface area contributed by atoms with Gasteiger partial charge in [0.25, 0.3) is 11.8 Å². The number of hydrogen-bond acceptors (Lipinski definition) is 5. The molecule has 3 amide bonds. The van der Waals surface area contributed by atoms with Gasteiger partial charge >= 0.3 is 0 Å². The number of rotatable bonds is 12. The van der Waals surface area contributed by atoms with E-state index in [1.165, 1.54) is 0 Å². The van der Waals surface area contributed by atoms with Crippen LogP contribution in [-0.4, -0.2) is 56.5 Å². The number of carbonyl (C=O) groups excluding carboxylic acids is 3. The van der Waals surface area contributed by atoms with E-state index in [0.717, 1.165) is 12.0 Å². The first-order chi connectivity index (χ1) is 17.5. The second-order valence-electron chi connectivity index (χ2n) is 8.31. The molecule has 8 nitrogen and oxygen atoms in total. The molecule has 0 aromatic heterocycles. The molecule has 0 aliphatic carbocycles. The Morgan fingerprint density at radius 1 is 0.861 bits per heavy atom. The van der Waals surface area contributed by atoms with Crippen molar-refractivity contribution < 1.29 is 19.1 Å². The van der Waals surface area contributed by atoms with E-state index in [-0.39, 0.29) is 24.3 Å². The molecule has 3 aromatic carbocycles. The Hall–Kier alpha value is -4.17. The molecule has 0 aliphatic heterocycles. The van der Waals surface area contributed by atoms with Crippen LogP contribution in [0.15, 0.2) is 78.9 Å². The Balaban J connectivity index is 1.51. The van der Waals surface area contributed by atoms with E-state index in [4.69, 9.17) is 4.74 Å². The highest BCUT2D eigenvalue weighted by Gasteiger charge is 2.13. The van der Waals surface area contributed by atoms with Crippen molar-refractivity contribution >= 4 is 29.1 Å². The lowest BCUT2D eigenvalue weighted by atomic mass is 10.1. The van der Waals surface area contributed by atoms with Gasteiger partial charge in [0.15, 0.2) is 0 Å². The van der Waals surface area contributed by atoms with Crippen molar-refractivity contribution in [3.63, 3.8) is 0 Å². The van der Waals surface area contributed by atoms with Crippen LogP contribution in [0.1, 0.15) is 32.7 Å². The van der Waals surface area contributed by atoms with E-state index in [9.17, 15) is 14.4 Å². The molecule has 0 aliphatic rings. The lowest BCUT2D eigenvalue weighted by molar-refractivity contribution is -0.114. The first kappa shape index (κ1) is 26.4. The van der Waals surface area contributed by atoms with E-state index >= 15 is 0 Å². The van der Waals surface area contributed by atoms with Gasteiger partial charge in [-0.2, -0.15) is 0 Å². The Bertz CT molecular complexity index is 1170. The van der Waals surface area contributed by atoms with Crippen molar-refractivity contribution in [2.45, 2.75) is 13.0 Å². The van der Waals surface area contributed by atoms with Crippen LogP contribution in [0.5, 0.6) is 0 Å². The fourth-order valence-corrected chi connectivity index (χ4v) is 3.56. The van der Waals surface area contributed by atoms with Gasteiger partial charge in [-0.15, -0.1) is 0 Å². The molecule has 3 aromatic rings. The Labute approximate surface area is 211 Å².